The van der Waals surface area contributed by atoms with Crippen molar-refractivity contribution in [2.24, 2.45) is 0 Å². The molecule has 27 heavy (non-hydrogen) atoms. The number of alkyl halides is 3. The molecular weight excluding hydrogens is 429 g/mol. The predicted molar refractivity (Wildman–Crippen MR) is 96.9 cm³/mol. The summed E-state index contributed by atoms with van der Waals surface area (Å²) in [7, 11) is 0. The molecule has 0 heterocycles. The van der Waals surface area contributed by atoms with Gasteiger partial charge in [0.25, 0.3) is 0 Å². The van der Waals surface area contributed by atoms with Gasteiger partial charge in [0.15, 0.2) is 0 Å². The molecule has 0 saturated heterocycles. The van der Waals surface area contributed by atoms with E-state index in [-0.39, 0.29) is 18.5 Å². The first-order valence-corrected chi connectivity index (χ1v) is 8.62. The monoisotopic (exact) mass is 444 g/mol. The fourth-order valence-corrected chi connectivity index (χ4v) is 2.48. The number of halogens is 4. The maximum atomic E-state index is 12.7. The van der Waals surface area contributed by atoms with Crippen LogP contribution in [0.5, 0.6) is 0 Å². The van der Waals surface area contributed by atoms with E-state index in [0.29, 0.717) is 5.69 Å². The van der Waals surface area contributed by atoms with E-state index in [0.717, 1.165) is 16.6 Å². The third-order valence-electron chi connectivity index (χ3n) is 3.54. The van der Waals surface area contributed by atoms with Gasteiger partial charge < -0.3 is 15.7 Å². The highest BCUT2D eigenvalue weighted by Crippen LogP contribution is 2.29. The van der Waals surface area contributed by atoms with Gasteiger partial charge in [0.1, 0.15) is 6.10 Å². The molecule has 2 amide bonds. The molecule has 2 rings (SSSR count). The Morgan fingerprint density at radius 3 is 2.41 bits per heavy atom. The first-order valence-electron chi connectivity index (χ1n) is 7.82. The van der Waals surface area contributed by atoms with Crippen LogP contribution in [0.4, 0.5) is 18.9 Å². The molecule has 144 valence electrons. The molecule has 3 N–H and O–H groups in total. The Morgan fingerprint density at radius 2 is 1.78 bits per heavy atom. The fourth-order valence-electron chi connectivity index (χ4n) is 2.21. The Kier molecular flexibility index (Phi) is 6.98. The van der Waals surface area contributed by atoms with Crippen molar-refractivity contribution in [2.75, 3.05) is 11.9 Å². The third kappa shape index (κ3) is 6.69. The van der Waals surface area contributed by atoms with Crippen LogP contribution in [0.2, 0.25) is 0 Å². The van der Waals surface area contributed by atoms with Crippen LogP contribution in [0, 0.1) is 0 Å². The smallest absolute Gasteiger partial charge is 0.383 e. The van der Waals surface area contributed by atoms with Gasteiger partial charge in [-0.15, -0.1) is 0 Å². The lowest BCUT2D eigenvalue weighted by molar-refractivity contribution is -0.137. The molecule has 0 spiro atoms. The van der Waals surface area contributed by atoms with Gasteiger partial charge in [-0.05, 0) is 35.9 Å². The van der Waals surface area contributed by atoms with Gasteiger partial charge in [-0.1, -0.05) is 34.1 Å². The number of anilines is 1. The quantitative estimate of drug-likeness (QED) is 0.640. The number of aliphatic hydroxyl groups excluding tert-OH is 1. The molecule has 1 atom stereocenters. The van der Waals surface area contributed by atoms with Gasteiger partial charge in [0.05, 0.1) is 12.1 Å². The van der Waals surface area contributed by atoms with Crippen LogP contribution in [0.15, 0.2) is 53.0 Å². The maximum absolute atomic E-state index is 12.7. The molecule has 5 nitrogen and oxygen atoms in total. The molecule has 0 radical (unpaired) electrons. The summed E-state index contributed by atoms with van der Waals surface area (Å²) < 4.78 is 38.9. The van der Waals surface area contributed by atoms with Gasteiger partial charge in [-0.2, -0.15) is 13.2 Å². The van der Waals surface area contributed by atoms with E-state index < -0.39 is 29.7 Å². The van der Waals surface area contributed by atoms with Gasteiger partial charge in [-0.25, -0.2) is 0 Å². The molecule has 0 aliphatic carbocycles. The Bertz CT molecular complexity index is 810. The van der Waals surface area contributed by atoms with Crippen molar-refractivity contribution in [1.29, 1.82) is 0 Å². The van der Waals surface area contributed by atoms with E-state index >= 15 is 0 Å². The summed E-state index contributed by atoms with van der Waals surface area (Å²) in [5.41, 5.74) is -0.171. The molecule has 0 fully saturated rings. The Labute approximate surface area is 161 Å². The molecule has 2 aromatic rings. The average Bonchev–Trinajstić information content (AvgIpc) is 2.61. The highest BCUT2D eigenvalue weighted by atomic mass is 79.9. The van der Waals surface area contributed by atoms with Crippen molar-refractivity contribution in [3.05, 3.63) is 64.1 Å². The summed E-state index contributed by atoms with van der Waals surface area (Å²) in [6.07, 6.45) is -6.38. The van der Waals surface area contributed by atoms with E-state index in [4.69, 9.17) is 0 Å². The van der Waals surface area contributed by atoms with Crippen LogP contribution in [-0.2, 0) is 22.2 Å². The Morgan fingerprint density at radius 1 is 1.11 bits per heavy atom. The summed E-state index contributed by atoms with van der Waals surface area (Å²) in [6, 6.07) is 11.1. The number of carbonyl (C=O) groups excluding carboxylic acids is 2. The summed E-state index contributed by atoms with van der Waals surface area (Å²) in [6.45, 7) is -0.380. The summed E-state index contributed by atoms with van der Waals surface area (Å²) in [5.74, 6) is -1.35. The van der Waals surface area contributed by atoms with E-state index in [1.165, 1.54) is 12.1 Å². The first-order chi connectivity index (χ1) is 12.6. The van der Waals surface area contributed by atoms with Crippen molar-refractivity contribution in [1.82, 2.24) is 5.32 Å². The van der Waals surface area contributed by atoms with E-state index in [9.17, 15) is 27.9 Å². The minimum absolute atomic E-state index is 0.159. The zero-order chi connectivity index (χ0) is 20.0. The highest BCUT2D eigenvalue weighted by molar-refractivity contribution is 9.10. The number of carbonyl (C=O) groups is 2. The van der Waals surface area contributed by atoms with Crippen LogP contribution in [0.25, 0.3) is 0 Å². The number of hydrogen-bond donors (Lipinski definition) is 3. The second kappa shape index (κ2) is 9.01. The normalized spacial score (nSPS) is 12.3. The fraction of sp³-hybridized carbons (Fsp3) is 0.222. The van der Waals surface area contributed by atoms with Gasteiger partial charge in [0.2, 0.25) is 11.8 Å². The minimum Gasteiger partial charge on any atom is -0.383 e. The molecular formula is C18H16BrF3N2O3. The number of rotatable bonds is 6. The van der Waals surface area contributed by atoms with Crippen molar-refractivity contribution >= 4 is 33.4 Å². The molecule has 0 aromatic heterocycles. The van der Waals surface area contributed by atoms with E-state index in [1.807, 2.05) is 0 Å². The highest BCUT2D eigenvalue weighted by Gasteiger charge is 2.30. The van der Waals surface area contributed by atoms with Gasteiger partial charge in [0, 0.05) is 16.6 Å². The molecule has 2 aromatic carbocycles. The van der Waals surface area contributed by atoms with Crippen LogP contribution in [0.3, 0.4) is 0 Å². The number of nitrogens with one attached hydrogen (secondary N) is 2. The number of hydrogen-bond acceptors (Lipinski definition) is 3. The number of aliphatic hydroxyl groups is 1. The molecule has 0 bridgehead atoms. The van der Waals surface area contributed by atoms with Gasteiger partial charge in [-0.3, -0.25) is 9.59 Å². The first kappa shape index (κ1) is 20.9. The van der Waals surface area contributed by atoms with Crippen molar-refractivity contribution in [3.8, 4) is 0 Å². The number of amides is 2. The van der Waals surface area contributed by atoms with Crippen molar-refractivity contribution in [2.45, 2.75) is 18.7 Å². The third-order valence-corrected chi connectivity index (χ3v) is 4.07. The van der Waals surface area contributed by atoms with E-state index in [1.54, 1.807) is 24.3 Å². The molecule has 0 unspecified atom stereocenters. The second-order valence-electron chi connectivity index (χ2n) is 5.69. The van der Waals surface area contributed by atoms with Crippen molar-refractivity contribution in [3.63, 3.8) is 0 Å². The zero-order valence-electron chi connectivity index (χ0n) is 13.9. The van der Waals surface area contributed by atoms with E-state index in [2.05, 4.69) is 26.6 Å². The summed E-state index contributed by atoms with van der Waals surface area (Å²) >= 11 is 3.26. The minimum atomic E-state index is -4.51. The molecule has 0 aliphatic heterocycles. The lowest BCUT2D eigenvalue weighted by atomic mass is 10.0. The maximum Gasteiger partial charge on any atom is 0.416 e. The van der Waals surface area contributed by atoms with Crippen LogP contribution in [-0.4, -0.2) is 29.6 Å². The number of benzene rings is 2. The SMILES string of the molecule is O=C(CNC(=O)[C@H](O)Cc1cccc(C(F)(F)F)c1)Nc1ccc(Br)cc1. The average molecular weight is 445 g/mol. The van der Waals surface area contributed by atoms with Crippen LogP contribution >= 0.6 is 15.9 Å². The molecule has 0 aliphatic rings. The summed E-state index contributed by atoms with van der Waals surface area (Å²) in [5, 5.41) is 14.7. The molecule has 0 saturated carbocycles. The van der Waals surface area contributed by atoms with Crippen LogP contribution in [0.1, 0.15) is 11.1 Å². The zero-order valence-corrected chi connectivity index (χ0v) is 15.5. The Hall–Kier alpha value is -2.39. The summed E-state index contributed by atoms with van der Waals surface area (Å²) in [4.78, 5) is 23.7. The topological polar surface area (TPSA) is 78.4 Å². The largest absolute Gasteiger partial charge is 0.416 e. The van der Waals surface area contributed by atoms with Crippen LogP contribution < -0.4 is 10.6 Å². The van der Waals surface area contributed by atoms with Gasteiger partial charge >= 0.3 is 6.18 Å². The molecule has 9 heteroatoms. The Balaban J connectivity index is 1.85. The standard InChI is InChI=1S/C18H16BrF3N2O3/c19-13-4-6-14(7-5-13)24-16(26)10-23-17(27)15(25)9-11-2-1-3-12(8-11)18(20,21)22/h1-8,15,25H,9-10H2,(H,23,27)(H,24,26)/t15-/m1/s1. The predicted octanol–water partition coefficient (Wildman–Crippen LogP) is 3.13. The lowest BCUT2D eigenvalue weighted by Crippen LogP contribution is -2.40. The lowest BCUT2D eigenvalue weighted by Gasteiger charge is -2.13. The second-order valence-corrected chi connectivity index (χ2v) is 6.61. The van der Waals surface area contributed by atoms with Crippen molar-refractivity contribution < 1.29 is 27.9 Å².